The number of aliphatic hydroxyl groups excluding tert-OH is 2. The van der Waals surface area contributed by atoms with E-state index in [9.17, 15) is 10.2 Å². The summed E-state index contributed by atoms with van der Waals surface area (Å²) in [6.07, 6.45) is -1.78. The number of nitrogens with zero attached hydrogens (tertiary/aromatic N) is 1. The molecule has 98 valence electrons. The van der Waals surface area contributed by atoms with Crippen LogP contribution in [0.3, 0.4) is 0 Å². The fraction of sp³-hybridized carbons (Fsp3) is 0.583. The Morgan fingerprint density at radius 3 is 2.72 bits per heavy atom. The van der Waals surface area contributed by atoms with E-state index in [2.05, 4.69) is 16.4 Å². The average Bonchev–Trinajstić information content (AvgIpc) is 2.59. The molecular weight excluding hydrogens is 234 g/mol. The molecule has 0 saturated carbocycles. The Kier molecular flexibility index (Phi) is 3.57. The van der Waals surface area contributed by atoms with E-state index in [-0.39, 0.29) is 13.0 Å². The molecule has 0 spiro atoms. The van der Waals surface area contributed by atoms with Gasteiger partial charge in [-0.15, -0.1) is 0 Å². The lowest BCUT2D eigenvalue weighted by molar-refractivity contribution is -0.112. The van der Waals surface area contributed by atoms with Crippen molar-refractivity contribution in [2.24, 2.45) is 0 Å². The third-order valence-corrected chi connectivity index (χ3v) is 3.29. The molecule has 0 aliphatic carbocycles. The van der Waals surface area contributed by atoms with Crippen LogP contribution in [0.2, 0.25) is 0 Å². The number of rotatable bonds is 2. The molecule has 2 heterocycles. The van der Waals surface area contributed by atoms with Crippen LogP contribution in [0.15, 0.2) is 0 Å². The molecule has 0 bridgehead atoms. The van der Waals surface area contributed by atoms with Gasteiger partial charge >= 0.3 is 0 Å². The molecule has 0 amide bonds. The molecule has 1 saturated heterocycles. The molecule has 6 nitrogen and oxygen atoms in total. The zero-order valence-corrected chi connectivity index (χ0v) is 10.4. The Bertz CT molecular complexity index is 478. The normalized spacial score (nSPS) is 27.8. The maximum atomic E-state index is 9.57. The van der Waals surface area contributed by atoms with Gasteiger partial charge in [-0.1, -0.05) is 0 Å². The van der Waals surface area contributed by atoms with Gasteiger partial charge in [-0.3, -0.25) is 0 Å². The number of aliphatic hydroxyl groups is 2. The smallest absolute Gasteiger partial charge is 0.131 e. The molecule has 1 aromatic rings. The first-order valence-corrected chi connectivity index (χ1v) is 5.86. The summed E-state index contributed by atoms with van der Waals surface area (Å²) < 4.78 is 5.36. The molecule has 0 aromatic carbocycles. The fourth-order valence-electron chi connectivity index (χ4n) is 2.00. The minimum absolute atomic E-state index is 0.0827. The second-order valence-corrected chi connectivity index (χ2v) is 4.57. The summed E-state index contributed by atoms with van der Waals surface area (Å²) in [6, 6.07) is 2.13. The number of aryl methyl sites for hydroxylation is 1. The van der Waals surface area contributed by atoms with Gasteiger partial charge in [0, 0.05) is 12.1 Å². The molecule has 3 atom stereocenters. The maximum Gasteiger partial charge on any atom is 0.131 e. The van der Waals surface area contributed by atoms with E-state index in [1.165, 1.54) is 0 Å². The van der Waals surface area contributed by atoms with E-state index in [0.717, 1.165) is 11.3 Å². The molecule has 18 heavy (non-hydrogen) atoms. The average molecular weight is 251 g/mol. The van der Waals surface area contributed by atoms with Crippen molar-refractivity contribution in [3.63, 3.8) is 0 Å². The van der Waals surface area contributed by atoms with Crippen molar-refractivity contribution in [3.05, 3.63) is 16.8 Å². The summed E-state index contributed by atoms with van der Waals surface area (Å²) in [6.45, 7) is 3.84. The second-order valence-electron chi connectivity index (χ2n) is 4.57. The standard InChI is InChI=1S/C12H17N3O3/c1-6-7(2)14-12(8(6)4-13)15-11-3-9(16)10(17)5-18-11/h9-11,14-17H,3,5H2,1-2H3/t9-,10+,11+/m0/s1. The maximum absolute atomic E-state index is 9.57. The summed E-state index contributed by atoms with van der Waals surface area (Å²) in [7, 11) is 0. The van der Waals surface area contributed by atoms with Crippen molar-refractivity contribution < 1.29 is 14.9 Å². The van der Waals surface area contributed by atoms with Crippen molar-refractivity contribution in [3.8, 4) is 6.07 Å². The third-order valence-electron chi connectivity index (χ3n) is 3.29. The van der Waals surface area contributed by atoms with Crippen LogP contribution in [0, 0.1) is 25.2 Å². The third kappa shape index (κ3) is 2.34. The Morgan fingerprint density at radius 2 is 2.11 bits per heavy atom. The fourth-order valence-corrected chi connectivity index (χ4v) is 2.00. The predicted molar refractivity (Wildman–Crippen MR) is 65.0 cm³/mol. The van der Waals surface area contributed by atoms with E-state index in [1.807, 2.05) is 13.8 Å². The van der Waals surface area contributed by atoms with Crippen LogP contribution in [0.5, 0.6) is 0 Å². The summed E-state index contributed by atoms with van der Waals surface area (Å²) in [5.41, 5.74) is 2.37. The van der Waals surface area contributed by atoms with Gasteiger partial charge in [0.1, 0.15) is 24.2 Å². The summed E-state index contributed by atoms with van der Waals surface area (Å²) in [5.74, 6) is 0.598. The zero-order valence-electron chi connectivity index (χ0n) is 10.4. The van der Waals surface area contributed by atoms with Crippen LogP contribution in [0.25, 0.3) is 0 Å². The molecule has 1 aromatic heterocycles. The summed E-state index contributed by atoms with van der Waals surface area (Å²) >= 11 is 0. The van der Waals surface area contributed by atoms with Crippen LogP contribution in [-0.4, -0.2) is 40.2 Å². The van der Waals surface area contributed by atoms with Crippen LogP contribution < -0.4 is 5.32 Å². The quantitative estimate of drug-likeness (QED) is 0.609. The number of hydrogen-bond acceptors (Lipinski definition) is 5. The number of aromatic nitrogens is 1. The molecule has 2 rings (SSSR count). The van der Waals surface area contributed by atoms with Crippen molar-refractivity contribution in [1.82, 2.24) is 4.98 Å². The van der Waals surface area contributed by atoms with Gasteiger partial charge in [-0.25, -0.2) is 0 Å². The lowest BCUT2D eigenvalue weighted by Crippen LogP contribution is -2.44. The molecule has 4 N–H and O–H groups in total. The highest BCUT2D eigenvalue weighted by Crippen LogP contribution is 2.24. The van der Waals surface area contributed by atoms with Gasteiger partial charge < -0.3 is 25.3 Å². The van der Waals surface area contributed by atoms with Crippen molar-refractivity contribution in [2.45, 2.75) is 38.7 Å². The number of ether oxygens (including phenoxy) is 1. The van der Waals surface area contributed by atoms with E-state index < -0.39 is 18.4 Å². The van der Waals surface area contributed by atoms with E-state index in [0.29, 0.717) is 11.4 Å². The number of nitriles is 1. The SMILES string of the molecule is Cc1[nH]c(N[C@H]2C[C@H](O)[C@H](O)CO2)c(C#N)c1C. The lowest BCUT2D eigenvalue weighted by Gasteiger charge is -2.31. The molecular formula is C12H17N3O3. The zero-order chi connectivity index (χ0) is 13.3. The highest BCUT2D eigenvalue weighted by atomic mass is 16.5. The molecule has 1 aliphatic heterocycles. The Labute approximate surface area is 105 Å². The van der Waals surface area contributed by atoms with Gasteiger partial charge in [0.05, 0.1) is 18.3 Å². The Morgan fingerprint density at radius 1 is 1.39 bits per heavy atom. The van der Waals surface area contributed by atoms with Gasteiger partial charge in [0.25, 0.3) is 0 Å². The van der Waals surface area contributed by atoms with E-state index in [1.54, 1.807) is 0 Å². The highest BCUT2D eigenvalue weighted by Gasteiger charge is 2.29. The van der Waals surface area contributed by atoms with Crippen molar-refractivity contribution in [2.75, 3.05) is 11.9 Å². The Hall–Kier alpha value is -1.55. The molecule has 0 radical (unpaired) electrons. The number of hydrogen-bond donors (Lipinski definition) is 4. The monoisotopic (exact) mass is 251 g/mol. The summed E-state index contributed by atoms with van der Waals surface area (Å²) in [4.78, 5) is 3.08. The first kappa shape index (κ1) is 12.9. The van der Waals surface area contributed by atoms with Gasteiger partial charge in [0.15, 0.2) is 0 Å². The first-order chi connectivity index (χ1) is 8.52. The molecule has 6 heteroatoms. The minimum Gasteiger partial charge on any atom is -0.390 e. The van der Waals surface area contributed by atoms with Gasteiger partial charge in [-0.2, -0.15) is 5.26 Å². The number of nitrogens with one attached hydrogen (secondary N) is 2. The van der Waals surface area contributed by atoms with Crippen LogP contribution in [-0.2, 0) is 4.74 Å². The van der Waals surface area contributed by atoms with Crippen LogP contribution >= 0.6 is 0 Å². The highest BCUT2D eigenvalue weighted by molar-refractivity contribution is 5.59. The van der Waals surface area contributed by atoms with E-state index >= 15 is 0 Å². The largest absolute Gasteiger partial charge is 0.390 e. The summed E-state index contributed by atoms with van der Waals surface area (Å²) in [5, 5.41) is 31.1. The molecule has 1 fully saturated rings. The number of aromatic amines is 1. The van der Waals surface area contributed by atoms with Crippen LogP contribution in [0.4, 0.5) is 5.82 Å². The number of anilines is 1. The Balaban J connectivity index is 2.11. The van der Waals surface area contributed by atoms with Gasteiger partial charge in [0.2, 0.25) is 0 Å². The van der Waals surface area contributed by atoms with Gasteiger partial charge in [-0.05, 0) is 19.4 Å². The molecule has 0 unspecified atom stereocenters. The second kappa shape index (κ2) is 4.98. The number of H-pyrrole nitrogens is 1. The first-order valence-electron chi connectivity index (χ1n) is 5.86. The molecule has 1 aliphatic rings. The van der Waals surface area contributed by atoms with Crippen molar-refractivity contribution >= 4 is 5.82 Å². The predicted octanol–water partition coefficient (Wildman–Crippen LogP) is 0.383. The topological polar surface area (TPSA) is 101 Å². The minimum atomic E-state index is -0.842. The van der Waals surface area contributed by atoms with E-state index in [4.69, 9.17) is 10.00 Å². The van der Waals surface area contributed by atoms with Crippen molar-refractivity contribution in [1.29, 1.82) is 5.26 Å². The lowest BCUT2D eigenvalue weighted by atomic mass is 10.1. The van der Waals surface area contributed by atoms with Crippen LogP contribution in [0.1, 0.15) is 23.2 Å².